The molecular formula is C40H43N3O6Si. The predicted octanol–water partition coefficient (Wildman–Crippen LogP) is 5.71. The number of benzene rings is 4. The van der Waals surface area contributed by atoms with Crippen LogP contribution in [0.15, 0.2) is 78.9 Å². The molecule has 0 bridgehead atoms. The molecule has 50 heavy (non-hydrogen) atoms. The Kier molecular flexibility index (Phi) is 7.70. The van der Waals surface area contributed by atoms with Gasteiger partial charge in [0.25, 0.3) is 11.8 Å². The highest BCUT2D eigenvalue weighted by Crippen LogP contribution is 2.60. The van der Waals surface area contributed by atoms with Crippen molar-refractivity contribution in [3.05, 3.63) is 90.0 Å². The van der Waals surface area contributed by atoms with Crippen molar-refractivity contribution in [1.29, 1.82) is 0 Å². The summed E-state index contributed by atoms with van der Waals surface area (Å²) in [4.78, 5) is 47.9. The van der Waals surface area contributed by atoms with Crippen LogP contribution in [0.1, 0.15) is 42.1 Å². The number of fused-ring (bicyclic) bond motifs is 2. The number of nitrogens with zero attached hydrogens (tertiary/aromatic N) is 3. The van der Waals surface area contributed by atoms with Crippen molar-refractivity contribution >= 4 is 58.8 Å². The molecule has 258 valence electrons. The Morgan fingerprint density at radius 2 is 1.76 bits per heavy atom. The Bertz CT molecular complexity index is 2040. The van der Waals surface area contributed by atoms with E-state index in [-0.39, 0.29) is 48.3 Å². The quantitative estimate of drug-likeness (QED) is 0.250. The average Bonchev–Trinajstić information content (AvgIpc) is 3.85. The van der Waals surface area contributed by atoms with Crippen molar-refractivity contribution in [3.8, 4) is 5.75 Å². The fourth-order valence-electron chi connectivity index (χ4n) is 9.56. The summed E-state index contributed by atoms with van der Waals surface area (Å²) in [5.74, 6) is 0.149. The largest absolute Gasteiger partial charge is 0.497 e. The molecule has 4 aliphatic heterocycles. The van der Waals surface area contributed by atoms with E-state index in [0.717, 1.165) is 46.3 Å². The Morgan fingerprint density at radius 3 is 2.48 bits per heavy atom. The van der Waals surface area contributed by atoms with E-state index in [1.165, 1.54) is 5.19 Å². The lowest BCUT2D eigenvalue weighted by atomic mass is 9.82. The number of aliphatic hydroxyl groups is 1. The lowest BCUT2D eigenvalue weighted by Crippen LogP contribution is -2.52. The number of likely N-dealkylation sites (N-methyl/N-ethyl adjacent to an activating group) is 1. The van der Waals surface area contributed by atoms with E-state index < -0.39 is 19.8 Å². The van der Waals surface area contributed by atoms with Gasteiger partial charge in [0.05, 0.1) is 57.3 Å². The molecule has 1 N–H and O–H groups in total. The first-order valence-electron chi connectivity index (χ1n) is 17.5. The Morgan fingerprint density at radius 1 is 1.02 bits per heavy atom. The third-order valence-corrected chi connectivity index (χ3v) is 16.4. The van der Waals surface area contributed by atoms with Gasteiger partial charge in [-0.05, 0) is 66.2 Å². The maximum Gasteiger partial charge on any atom is 0.264 e. The van der Waals surface area contributed by atoms with Crippen molar-refractivity contribution in [1.82, 2.24) is 4.90 Å². The molecule has 0 unspecified atom stereocenters. The summed E-state index contributed by atoms with van der Waals surface area (Å²) >= 11 is 0. The first-order valence-corrected chi connectivity index (χ1v) is 20.6. The highest BCUT2D eigenvalue weighted by atomic mass is 28.3. The summed E-state index contributed by atoms with van der Waals surface area (Å²) in [5.41, 5.74) is 2.13. The van der Waals surface area contributed by atoms with Crippen molar-refractivity contribution < 1.29 is 29.0 Å². The SMILES string of the molecule is COc1ccc([Si](C)(C)[C@@H]2[C@@H](CC(=O)N3CCC[C@H]3CO)O[C@]3(C(=O)N(C)c4ccc(N5C(=O)c6cccc7cccc5c67)cc43)[C@H]2C)cc1. The van der Waals surface area contributed by atoms with Crippen LogP contribution in [0.2, 0.25) is 18.6 Å². The monoisotopic (exact) mass is 689 g/mol. The highest BCUT2D eigenvalue weighted by molar-refractivity contribution is 6.91. The zero-order valence-corrected chi connectivity index (χ0v) is 30.2. The lowest BCUT2D eigenvalue weighted by molar-refractivity contribution is -0.149. The normalized spacial score (nSPS) is 25.8. The van der Waals surface area contributed by atoms with Crippen molar-refractivity contribution in [2.45, 2.75) is 62.6 Å². The molecule has 0 radical (unpaired) electrons. The van der Waals surface area contributed by atoms with Crippen LogP contribution in [-0.4, -0.2) is 75.3 Å². The second kappa shape index (κ2) is 11.8. The lowest BCUT2D eigenvalue weighted by Gasteiger charge is -2.37. The molecule has 1 spiro atoms. The third-order valence-electron chi connectivity index (χ3n) is 12.0. The van der Waals surface area contributed by atoms with Crippen LogP contribution in [0.25, 0.3) is 10.8 Å². The number of hydrogen-bond donors (Lipinski definition) is 1. The molecule has 10 heteroatoms. The molecule has 0 aliphatic carbocycles. The number of anilines is 3. The average molecular weight is 690 g/mol. The van der Waals surface area contributed by atoms with E-state index in [2.05, 4.69) is 32.2 Å². The van der Waals surface area contributed by atoms with E-state index in [0.29, 0.717) is 17.8 Å². The van der Waals surface area contributed by atoms with Gasteiger partial charge in [-0.3, -0.25) is 19.3 Å². The molecule has 2 saturated heterocycles. The molecule has 8 rings (SSSR count). The predicted molar refractivity (Wildman–Crippen MR) is 196 cm³/mol. The first kappa shape index (κ1) is 32.7. The number of carbonyl (C=O) groups excluding carboxylic acids is 3. The third kappa shape index (κ3) is 4.54. The standard InChI is InChI=1S/C40H43N3O6Si/c1-24-37(50(4,5)29-17-15-28(48-3)16-18-29)34(22-35(45)42-20-8-11-27(42)23-44)49-40(24)31-21-26(14-19-32(31)41(2)39(40)47)43-33-13-7-10-25-9-6-12-30(36(25)33)38(43)46/h6-7,9-10,12-19,21,24,27,34,37,44H,8,11,20,22-23H2,1-5H3/t24-,27-,34+,37-,40+/m0/s1. The molecule has 4 aliphatic rings. The van der Waals surface area contributed by atoms with E-state index in [9.17, 15) is 19.5 Å². The van der Waals surface area contributed by atoms with Crippen LogP contribution >= 0.6 is 0 Å². The molecule has 4 aromatic carbocycles. The van der Waals surface area contributed by atoms with Crippen LogP contribution in [-0.2, 0) is 19.9 Å². The molecule has 9 nitrogen and oxygen atoms in total. The molecule has 0 saturated carbocycles. The van der Waals surface area contributed by atoms with E-state index >= 15 is 0 Å². The molecule has 0 aromatic heterocycles. The maximum atomic E-state index is 14.7. The van der Waals surface area contributed by atoms with Gasteiger partial charge in [-0.2, -0.15) is 0 Å². The molecule has 4 heterocycles. The van der Waals surface area contributed by atoms with E-state index in [1.54, 1.807) is 28.9 Å². The maximum absolute atomic E-state index is 14.7. The van der Waals surface area contributed by atoms with Gasteiger partial charge < -0.3 is 24.4 Å². The number of rotatable bonds is 7. The van der Waals surface area contributed by atoms with Gasteiger partial charge in [0.15, 0.2) is 5.60 Å². The Balaban J connectivity index is 1.24. The molecular weight excluding hydrogens is 647 g/mol. The fraction of sp³-hybridized carbons (Fsp3) is 0.375. The van der Waals surface area contributed by atoms with E-state index in [1.807, 2.05) is 66.7 Å². The van der Waals surface area contributed by atoms with Crippen LogP contribution in [0.4, 0.5) is 17.1 Å². The van der Waals surface area contributed by atoms with Crippen LogP contribution in [0.5, 0.6) is 5.75 Å². The summed E-state index contributed by atoms with van der Waals surface area (Å²) in [6.07, 6.45) is 1.20. The summed E-state index contributed by atoms with van der Waals surface area (Å²) < 4.78 is 12.6. The van der Waals surface area contributed by atoms with E-state index in [4.69, 9.17) is 9.47 Å². The second-order valence-electron chi connectivity index (χ2n) is 14.8. The topological polar surface area (TPSA) is 99.6 Å². The van der Waals surface area contributed by atoms with Gasteiger partial charge in [0.1, 0.15) is 5.75 Å². The van der Waals surface area contributed by atoms with Crippen molar-refractivity contribution in [2.75, 3.05) is 37.1 Å². The minimum Gasteiger partial charge on any atom is -0.497 e. The van der Waals surface area contributed by atoms with Gasteiger partial charge in [0.2, 0.25) is 5.91 Å². The van der Waals surface area contributed by atoms with Crippen LogP contribution in [0.3, 0.4) is 0 Å². The van der Waals surface area contributed by atoms with Crippen molar-refractivity contribution in [2.24, 2.45) is 5.92 Å². The summed E-state index contributed by atoms with van der Waals surface area (Å²) in [7, 11) is 0.958. The Hall–Kier alpha value is -4.51. The second-order valence-corrected chi connectivity index (χ2v) is 19.5. The van der Waals surface area contributed by atoms with Crippen LogP contribution < -0.4 is 19.7 Å². The fourth-order valence-corrected chi connectivity index (χ4v) is 13.6. The van der Waals surface area contributed by atoms with Crippen molar-refractivity contribution in [3.63, 3.8) is 0 Å². The molecule has 3 amide bonds. The van der Waals surface area contributed by atoms with Gasteiger partial charge in [0, 0.05) is 36.1 Å². The van der Waals surface area contributed by atoms with Gasteiger partial charge in [-0.25, -0.2) is 0 Å². The number of aliphatic hydroxyl groups excluding tert-OH is 1. The minimum atomic E-state index is -2.47. The summed E-state index contributed by atoms with van der Waals surface area (Å²) in [6, 6.07) is 25.5. The number of carbonyl (C=O) groups is 3. The molecule has 5 atom stereocenters. The molecule has 4 aromatic rings. The zero-order chi connectivity index (χ0) is 35.1. The number of methoxy groups -OCH3 is 1. The molecule has 2 fully saturated rings. The highest BCUT2D eigenvalue weighted by Gasteiger charge is 2.66. The van der Waals surface area contributed by atoms with Gasteiger partial charge >= 0.3 is 0 Å². The Labute approximate surface area is 293 Å². The smallest absolute Gasteiger partial charge is 0.264 e. The zero-order valence-electron chi connectivity index (χ0n) is 29.2. The number of ether oxygens (including phenoxy) is 2. The minimum absolute atomic E-state index is 0.0540. The number of likely N-dealkylation sites (tertiary alicyclic amines) is 1. The van der Waals surface area contributed by atoms with Gasteiger partial charge in [-0.1, -0.05) is 61.6 Å². The van der Waals surface area contributed by atoms with Gasteiger partial charge in [-0.15, -0.1) is 0 Å². The van der Waals surface area contributed by atoms with Crippen LogP contribution in [0, 0.1) is 5.92 Å². The first-order chi connectivity index (χ1) is 24.0. The number of amides is 3. The number of hydrogen-bond acceptors (Lipinski definition) is 6. The summed E-state index contributed by atoms with van der Waals surface area (Å²) in [6.45, 7) is 7.23. The summed E-state index contributed by atoms with van der Waals surface area (Å²) in [5, 5.41) is 13.1.